The zero-order chi connectivity index (χ0) is 20.2. The second kappa shape index (κ2) is 6.16. The molecule has 0 bridgehead atoms. The van der Waals surface area contributed by atoms with E-state index in [2.05, 4.69) is 34.9 Å². The first-order chi connectivity index (χ1) is 14.8. The minimum Gasteiger partial charge on any atom is -0.455 e. The lowest BCUT2D eigenvalue weighted by molar-refractivity contribution is 0.673. The van der Waals surface area contributed by atoms with Crippen LogP contribution in [0.1, 0.15) is 11.1 Å². The maximum absolute atomic E-state index is 7.95. The third kappa shape index (κ3) is 2.10. The molecule has 0 aliphatic heterocycles. The first kappa shape index (κ1) is 16.7. The van der Waals surface area contributed by atoms with Gasteiger partial charge in [0.2, 0.25) is 0 Å². The van der Waals surface area contributed by atoms with E-state index >= 15 is 0 Å². The number of fused-ring (bicyclic) bond motifs is 7. The highest BCUT2D eigenvalue weighted by molar-refractivity contribution is 6.24. The van der Waals surface area contributed by atoms with E-state index in [4.69, 9.17) is 15.2 Å². The molecule has 0 radical (unpaired) electrons. The van der Waals surface area contributed by atoms with Crippen LogP contribution in [0.5, 0.6) is 0 Å². The molecule has 0 saturated carbocycles. The molecule has 4 aromatic carbocycles. The average molecular weight is 387 g/mol. The molecule has 0 unspecified atom stereocenters. The summed E-state index contributed by atoms with van der Waals surface area (Å²) < 4.78 is 8.48. The molecule has 0 aliphatic carbocycles. The van der Waals surface area contributed by atoms with Gasteiger partial charge in [0.05, 0.1) is 22.1 Å². The van der Waals surface area contributed by atoms with Gasteiger partial charge in [-0.15, -0.1) is 0 Å². The van der Waals surface area contributed by atoms with Gasteiger partial charge >= 0.3 is 0 Å². The van der Waals surface area contributed by atoms with E-state index in [1.165, 1.54) is 12.4 Å². The van der Waals surface area contributed by atoms with Crippen molar-refractivity contribution in [1.82, 2.24) is 4.57 Å². The molecule has 6 aromatic rings. The number of hydrogen-bond donors (Lipinski definition) is 2. The summed E-state index contributed by atoms with van der Waals surface area (Å²) in [6, 6.07) is 26.3. The molecule has 0 saturated heterocycles. The largest absolute Gasteiger partial charge is 0.455 e. The Hall–Kier alpha value is -4.18. The van der Waals surface area contributed by atoms with E-state index in [-0.39, 0.29) is 0 Å². The molecular weight excluding hydrogens is 370 g/mol. The van der Waals surface area contributed by atoms with Crippen LogP contribution in [-0.4, -0.2) is 17.0 Å². The van der Waals surface area contributed by atoms with Gasteiger partial charge in [0.15, 0.2) is 0 Å². The van der Waals surface area contributed by atoms with E-state index in [0.29, 0.717) is 0 Å². The van der Waals surface area contributed by atoms with Gasteiger partial charge in [0, 0.05) is 39.7 Å². The van der Waals surface area contributed by atoms with Gasteiger partial charge in [-0.1, -0.05) is 54.6 Å². The van der Waals surface area contributed by atoms with E-state index < -0.39 is 0 Å². The first-order valence-corrected chi connectivity index (χ1v) is 9.79. The third-order valence-electron chi connectivity index (χ3n) is 5.81. The SMILES string of the molecule is N=Cc1cccc(C=N)c1-n1c2ccccc2c2c3oc4ccccc4c3ccc21. The summed E-state index contributed by atoms with van der Waals surface area (Å²) in [5, 5.41) is 20.2. The predicted molar refractivity (Wildman–Crippen MR) is 124 cm³/mol. The fourth-order valence-electron chi connectivity index (χ4n) is 4.55. The monoisotopic (exact) mass is 387 g/mol. The predicted octanol–water partition coefficient (Wildman–Crippen LogP) is 6.68. The van der Waals surface area contributed by atoms with E-state index in [1.807, 2.05) is 48.5 Å². The minimum absolute atomic E-state index is 0.767. The second-order valence-corrected chi connectivity index (χ2v) is 7.36. The third-order valence-corrected chi connectivity index (χ3v) is 5.81. The number of furan rings is 1. The quantitative estimate of drug-likeness (QED) is 0.327. The molecule has 4 heteroatoms. The van der Waals surface area contributed by atoms with E-state index in [0.717, 1.165) is 60.6 Å². The highest BCUT2D eigenvalue weighted by Gasteiger charge is 2.20. The van der Waals surface area contributed by atoms with Gasteiger partial charge in [-0.25, -0.2) is 0 Å². The Kier molecular flexibility index (Phi) is 3.44. The molecule has 142 valence electrons. The van der Waals surface area contributed by atoms with Crippen LogP contribution < -0.4 is 0 Å². The number of aromatic nitrogens is 1. The Balaban J connectivity index is 1.88. The molecule has 0 fully saturated rings. The van der Waals surface area contributed by atoms with Gasteiger partial charge in [-0.2, -0.15) is 0 Å². The topological polar surface area (TPSA) is 65.8 Å². The fourth-order valence-corrected chi connectivity index (χ4v) is 4.55. The number of para-hydroxylation sites is 3. The molecule has 4 nitrogen and oxygen atoms in total. The molecular formula is C26H17N3O. The van der Waals surface area contributed by atoms with Crippen molar-refractivity contribution in [3.8, 4) is 5.69 Å². The molecule has 0 aliphatic rings. The highest BCUT2D eigenvalue weighted by atomic mass is 16.3. The molecule has 0 amide bonds. The fraction of sp³-hybridized carbons (Fsp3) is 0. The molecule has 2 N–H and O–H groups in total. The van der Waals surface area contributed by atoms with Crippen molar-refractivity contribution in [2.24, 2.45) is 0 Å². The van der Waals surface area contributed by atoms with Crippen molar-refractivity contribution in [2.75, 3.05) is 0 Å². The van der Waals surface area contributed by atoms with Crippen molar-refractivity contribution in [3.63, 3.8) is 0 Å². The maximum atomic E-state index is 7.95. The molecule has 30 heavy (non-hydrogen) atoms. The zero-order valence-electron chi connectivity index (χ0n) is 16.0. The van der Waals surface area contributed by atoms with Crippen molar-refractivity contribution < 1.29 is 4.42 Å². The summed E-state index contributed by atoms with van der Waals surface area (Å²) in [6.07, 6.45) is 2.70. The van der Waals surface area contributed by atoms with Crippen LogP contribution in [0.2, 0.25) is 0 Å². The molecule has 2 aromatic heterocycles. The first-order valence-electron chi connectivity index (χ1n) is 9.79. The Labute approximate surface area is 172 Å². The van der Waals surface area contributed by atoms with Gasteiger partial charge in [-0.05, 0) is 24.3 Å². The van der Waals surface area contributed by atoms with Gasteiger partial charge < -0.3 is 19.8 Å². The van der Waals surface area contributed by atoms with Crippen LogP contribution in [0.15, 0.2) is 83.3 Å². The van der Waals surface area contributed by atoms with Gasteiger partial charge in [0.25, 0.3) is 0 Å². The summed E-state index contributed by atoms with van der Waals surface area (Å²) in [6.45, 7) is 0. The highest BCUT2D eigenvalue weighted by Crippen LogP contribution is 2.41. The summed E-state index contributed by atoms with van der Waals surface area (Å²) in [4.78, 5) is 0. The number of benzene rings is 4. The van der Waals surface area contributed by atoms with Crippen LogP contribution in [-0.2, 0) is 0 Å². The van der Waals surface area contributed by atoms with E-state index in [1.54, 1.807) is 0 Å². The Bertz CT molecular complexity index is 1610. The van der Waals surface area contributed by atoms with Crippen molar-refractivity contribution in [1.29, 1.82) is 10.8 Å². The maximum Gasteiger partial charge on any atom is 0.145 e. The number of rotatable bonds is 3. The average Bonchev–Trinajstić information content (AvgIpc) is 3.34. The van der Waals surface area contributed by atoms with Crippen molar-refractivity contribution in [2.45, 2.75) is 0 Å². The van der Waals surface area contributed by atoms with Crippen molar-refractivity contribution >= 4 is 56.2 Å². The standard InChI is InChI=1S/C26H17N3O/c27-14-16-6-5-7-17(15-28)25(16)29-21-10-3-1-9-20(21)24-22(29)13-12-19-18-8-2-4-11-23(18)30-26(19)24/h1-15,27-28H. The van der Waals surface area contributed by atoms with Crippen LogP contribution in [0.4, 0.5) is 0 Å². The van der Waals surface area contributed by atoms with Crippen LogP contribution in [0, 0.1) is 10.8 Å². The molecule has 2 heterocycles. The summed E-state index contributed by atoms with van der Waals surface area (Å²) in [7, 11) is 0. The van der Waals surface area contributed by atoms with Gasteiger partial charge in [0.1, 0.15) is 11.2 Å². The minimum atomic E-state index is 0.767. The normalized spacial score (nSPS) is 11.6. The smallest absolute Gasteiger partial charge is 0.145 e. The lowest BCUT2D eigenvalue weighted by atomic mass is 10.1. The molecule has 6 rings (SSSR count). The number of nitrogens with one attached hydrogen (secondary N) is 2. The van der Waals surface area contributed by atoms with Crippen LogP contribution >= 0.6 is 0 Å². The molecule has 0 spiro atoms. The Morgan fingerprint density at radius 2 is 1.33 bits per heavy atom. The summed E-state index contributed by atoms with van der Waals surface area (Å²) in [5.74, 6) is 0. The molecule has 0 atom stereocenters. The lowest BCUT2D eigenvalue weighted by Crippen LogP contribution is -2.03. The van der Waals surface area contributed by atoms with E-state index in [9.17, 15) is 0 Å². The number of hydrogen-bond acceptors (Lipinski definition) is 3. The second-order valence-electron chi connectivity index (χ2n) is 7.36. The zero-order valence-corrected chi connectivity index (χ0v) is 16.0. The van der Waals surface area contributed by atoms with Crippen LogP contribution in [0.25, 0.3) is 49.4 Å². The van der Waals surface area contributed by atoms with Gasteiger partial charge in [-0.3, -0.25) is 0 Å². The summed E-state index contributed by atoms with van der Waals surface area (Å²) in [5.41, 5.74) is 6.14. The van der Waals surface area contributed by atoms with Crippen molar-refractivity contribution in [3.05, 3.63) is 90.0 Å². The Morgan fingerprint density at radius 1 is 0.633 bits per heavy atom. The number of nitrogens with zero attached hydrogens (tertiary/aromatic N) is 1. The Morgan fingerprint density at radius 3 is 2.10 bits per heavy atom. The summed E-state index contributed by atoms with van der Waals surface area (Å²) >= 11 is 0. The van der Waals surface area contributed by atoms with Crippen LogP contribution in [0.3, 0.4) is 0 Å². The lowest BCUT2D eigenvalue weighted by Gasteiger charge is -2.14.